The van der Waals surface area contributed by atoms with Crippen molar-refractivity contribution in [3.05, 3.63) is 29.4 Å². The Kier molecular flexibility index (Phi) is 7.22. The van der Waals surface area contributed by atoms with Crippen LogP contribution in [0.2, 0.25) is 5.15 Å². The van der Waals surface area contributed by atoms with E-state index in [4.69, 9.17) is 21.6 Å². The van der Waals surface area contributed by atoms with Crippen molar-refractivity contribution >= 4 is 44.9 Å². The van der Waals surface area contributed by atoms with Crippen molar-refractivity contribution in [2.45, 2.75) is 51.2 Å². The van der Waals surface area contributed by atoms with Crippen LogP contribution >= 0.6 is 22.9 Å². The lowest BCUT2D eigenvalue weighted by Gasteiger charge is -2.20. The number of aliphatic hydroxyl groups excluding tert-OH is 2. The number of halogens is 1. The van der Waals surface area contributed by atoms with Gasteiger partial charge < -0.3 is 20.8 Å². The Bertz CT molecular complexity index is 997. The van der Waals surface area contributed by atoms with Gasteiger partial charge in [0.25, 0.3) is 0 Å². The number of aromatic nitrogens is 3. The number of unbranched alkanes of at least 4 members (excludes halogenated alkanes) is 2. The highest BCUT2D eigenvalue weighted by molar-refractivity contribution is 7.21. The molecular weight excluding hydrogens is 434 g/mol. The fraction of sp³-hybridized carbons (Fsp3) is 0.500. The van der Waals surface area contributed by atoms with Crippen LogP contribution in [0.25, 0.3) is 20.8 Å². The molecule has 0 spiro atoms. The average Bonchev–Trinajstić information content (AvgIpc) is 3.34. The monoisotopic (exact) mass is 461 g/mol. The van der Waals surface area contributed by atoms with Crippen LogP contribution in [0.5, 0.6) is 0 Å². The fourth-order valence-corrected chi connectivity index (χ4v) is 5.29. The standard InChI is InChI=1S/C22H28ClN5O2S/c1-2-3-6-9-24-22-27-19(23)18(21-26-14-7-4-5-8-17(14)31-21)20(28-22)25-15-10-13(12-29)11-16(15)30/h4-5,7-8,13,15-16,29-30H,2-3,6,9-12H2,1H3,(H2,24,25,27,28)/t13-,15+,16+/m0/s1. The number of nitrogens with one attached hydrogen (secondary N) is 2. The number of thiazole rings is 1. The fourth-order valence-electron chi connectivity index (χ4n) is 3.96. The van der Waals surface area contributed by atoms with Crippen LogP contribution in [0.1, 0.15) is 39.0 Å². The second kappa shape index (κ2) is 10.1. The van der Waals surface area contributed by atoms with Crippen molar-refractivity contribution in [1.29, 1.82) is 0 Å². The highest BCUT2D eigenvalue weighted by atomic mass is 35.5. The van der Waals surface area contributed by atoms with Crippen LogP contribution in [-0.2, 0) is 0 Å². The van der Waals surface area contributed by atoms with Crippen molar-refractivity contribution in [3.8, 4) is 10.6 Å². The van der Waals surface area contributed by atoms with Gasteiger partial charge in [-0.15, -0.1) is 11.3 Å². The molecule has 4 rings (SSSR count). The van der Waals surface area contributed by atoms with E-state index in [0.29, 0.717) is 35.3 Å². The van der Waals surface area contributed by atoms with E-state index in [1.165, 1.54) is 11.3 Å². The minimum Gasteiger partial charge on any atom is -0.396 e. The minimum atomic E-state index is -0.560. The zero-order valence-corrected chi connectivity index (χ0v) is 19.1. The first-order valence-corrected chi connectivity index (χ1v) is 12.0. The van der Waals surface area contributed by atoms with Gasteiger partial charge >= 0.3 is 0 Å². The molecule has 1 aliphatic carbocycles. The lowest BCUT2D eigenvalue weighted by molar-refractivity contribution is 0.157. The lowest BCUT2D eigenvalue weighted by atomic mass is 10.1. The van der Waals surface area contributed by atoms with Gasteiger partial charge in [-0.05, 0) is 37.3 Å². The number of rotatable bonds is 9. The third kappa shape index (κ3) is 5.09. The molecule has 2 heterocycles. The summed E-state index contributed by atoms with van der Waals surface area (Å²) < 4.78 is 1.06. The molecule has 1 aromatic carbocycles. The maximum absolute atomic E-state index is 10.5. The Morgan fingerprint density at radius 2 is 2.00 bits per heavy atom. The first-order chi connectivity index (χ1) is 15.1. The molecule has 1 fully saturated rings. The molecular formula is C22H28ClN5O2S. The number of benzene rings is 1. The molecule has 0 saturated heterocycles. The highest BCUT2D eigenvalue weighted by Crippen LogP contribution is 2.39. The summed E-state index contributed by atoms with van der Waals surface area (Å²) in [5.74, 6) is 1.08. The average molecular weight is 462 g/mol. The molecule has 4 N–H and O–H groups in total. The zero-order chi connectivity index (χ0) is 21.8. The third-order valence-electron chi connectivity index (χ3n) is 5.64. The van der Waals surface area contributed by atoms with Gasteiger partial charge in [0, 0.05) is 13.2 Å². The molecule has 31 heavy (non-hydrogen) atoms. The number of aliphatic hydroxyl groups is 2. The van der Waals surface area contributed by atoms with E-state index in [-0.39, 0.29) is 18.6 Å². The molecule has 0 bridgehead atoms. The van der Waals surface area contributed by atoms with E-state index < -0.39 is 6.10 Å². The Labute approximate surface area is 190 Å². The molecule has 3 aromatic rings. The van der Waals surface area contributed by atoms with E-state index in [9.17, 15) is 10.2 Å². The molecule has 7 nitrogen and oxygen atoms in total. The van der Waals surface area contributed by atoms with E-state index in [2.05, 4.69) is 22.5 Å². The number of nitrogens with zero attached hydrogens (tertiary/aromatic N) is 3. The van der Waals surface area contributed by atoms with Gasteiger partial charge in [0.05, 0.1) is 27.9 Å². The zero-order valence-electron chi connectivity index (χ0n) is 17.5. The summed E-state index contributed by atoms with van der Waals surface area (Å²) in [5, 5.41) is 27.7. The van der Waals surface area contributed by atoms with Gasteiger partial charge in [-0.1, -0.05) is 43.5 Å². The first kappa shape index (κ1) is 22.2. The van der Waals surface area contributed by atoms with Crippen LogP contribution in [0, 0.1) is 5.92 Å². The maximum Gasteiger partial charge on any atom is 0.226 e. The van der Waals surface area contributed by atoms with Crippen LogP contribution in [-0.4, -0.2) is 50.5 Å². The minimum absolute atomic E-state index is 0.0642. The number of hydrogen-bond donors (Lipinski definition) is 4. The molecule has 1 saturated carbocycles. The molecule has 166 valence electrons. The number of anilines is 2. The molecule has 0 amide bonds. The Morgan fingerprint density at radius 1 is 1.16 bits per heavy atom. The first-order valence-electron chi connectivity index (χ1n) is 10.8. The summed E-state index contributed by atoms with van der Waals surface area (Å²) in [6.45, 7) is 2.99. The van der Waals surface area contributed by atoms with Crippen molar-refractivity contribution in [1.82, 2.24) is 15.0 Å². The second-order valence-corrected chi connectivity index (χ2v) is 9.41. The SMILES string of the molecule is CCCCCNc1nc(Cl)c(-c2nc3ccccc3s2)c(N[C@@H]2C[C@H](CO)C[C@H]2O)n1. The van der Waals surface area contributed by atoms with Crippen molar-refractivity contribution in [2.24, 2.45) is 5.92 Å². The number of hydrogen-bond acceptors (Lipinski definition) is 8. The molecule has 0 radical (unpaired) electrons. The summed E-state index contributed by atoms with van der Waals surface area (Å²) in [6.07, 6.45) is 3.96. The summed E-state index contributed by atoms with van der Waals surface area (Å²) in [4.78, 5) is 13.9. The van der Waals surface area contributed by atoms with Gasteiger partial charge in [0.1, 0.15) is 16.0 Å². The van der Waals surface area contributed by atoms with Crippen molar-refractivity contribution < 1.29 is 10.2 Å². The number of fused-ring (bicyclic) bond motifs is 1. The van der Waals surface area contributed by atoms with Gasteiger partial charge in [-0.3, -0.25) is 0 Å². The molecule has 0 unspecified atom stereocenters. The lowest BCUT2D eigenvalue weighted by Crippen LogP contribution is -2.29. The van der Waals surface area contributed by atoms with Gasteiger partial charge in [0.15, 0.2) is 0 Å². The summed E-state index contributed by atoms with van der Waals surface area (Å²) in [5.41, 5.74) is 1.54. The van der Waals surface area contributed by atoms with Crippen molar-refractivity contribution in [2.75, 3.05) is 23.8 Å². The molecule has 0 aliphatic heterocycles. The quantitative estimate of drug-likeness (QED) is 0.273. The van der Waals surface area contributed by atoms with Gasteiger partial charge in [-0.25, -0.2) is 9.97 Å². The second-order valence-electron chi connectivity index (χ2n) is 8.02. The normalized spacial score (nSPS) is 21.0. The van der Waals surface area contributed by atoms with Crippen LogP contribution in [0.15, 0.2) is 24.3 Å². The predicted molar refractivity (Wildman–Crippen MR) is 127 cm³/mol. The third-order valence-corrected chi connectivity index (χ3v) is 6.97. The maximum atomic E-state index is 10.5. The Balaban J connectivity index is 1.68. The van der Waals surface area contributed by atoms with Crippen LogP contribution < -0.4 is 10.6 Å². The van der Waals surface area contributed by atoms with E-state index in [1.54, 1.807) is 0 Å². The van der Waals surface area contributed by atoms with Gasteiger partial charge in [0.2, 0.25) is 5.95 Å². The van der Waals surface area contributed by atoms with E-state index >= 15 is 0 Å². The van der Waals surface area contributed by atoms with E-state index in [0.717, 1.165) is 41.0 Å². The highest BCUT2D eigenvalue weighted by Gasteiger charge is 2.34. The largest absolute Gasteiger partial charge is 0.396 e. The molecule has 9 heteroatoms. The van der Waals surface area contributed by atoms with Gasteiger partial charge in [-0.2, -0.15) is 4.98 Å². The molecule has 2 aromatic heterocycles. The molecule has 1 aliphatic rings. The topological polar surface area (TPSA) is 103 Å². The molecule has 3 atom stereocenters. The van der Waals surface area contributed by atoms with Crippen molar-refractivity contribution in [3.63, 3.8) is 0 Å². The van der Waals surface area contributed by atoms with Crippen LogP contribution in [0.4, 0.5) is 11.8 Å². The van der Waals surface area contributed by atoms with Crippen LogP contribution in [0.3, 0.4) is 0 Å². The summed E-state index contributed by atoms with van der Waals surface area (Å²) in [7, 11) is 0. The Hall–Kier alpha value is -2.00. The summed E-state index contributed by atoms with van der Waals surface area (Å²) >= 11 is 8.18. The Morgan fingerprint density at radius 3 is 2.74 bits per heavy atom. The number of para-hydroxylation sites is 1. The summed E-state index contributed by atoms with van der Waals surface area (Å²) in [6, 6.07) is 7.71. The van der Waals surface area contributed by atoms with E-state index in [1.807, 2.05) is 24.3 Å². The predicted octanol–water partition coefficient (Wildman–Crippen LogP) is 4.55. The smallest absolute Gasteiger partial charge is 0.226 e.